The Morgan fingerprint density at radius 1 is 1.37 bits per heavy atom. The predicted molar refractivity (Wildman–Crippen MR) is 92.6 cm³/mol. The van der Waals surface area contributed by atoms with Gasteiger partial charge in [-0.1, -0.05) is 12.6 Å². The third-order valence-corrected chi connectivity index (χ3v) is 6.65. The molecule has 0 radical (unpaired) electrons. The molecular weight excluding hydrogens is 376 g/mol. The zero-order chi connectivity index (χ0) is 18.3. The van der Waals surface area contributed by atoms with Crippen LogP contribution >= 0.6 is 0 Å². The molecule has 3 N–H and O–H groups in total. The van der Waals surface area contributed by atoms with Gasteiger partial charge in [0.15, 0.2) is 0 Å². The van der Waals surface area contributed by atoms with E-state index >= 15 is 0 Å². The molecule has 2 aliphatic heterocycles. The maximum atomic E-state index is 12.7. The largest absolute Gasteiger partial charge is 0.418 e. The SMILES string of the molecule is C.NC1CC(c2cc([C@@H]3CC4(CC4)[C@@H]4CN3C(=O)N4OS(=O)(=O)O)no2)C1. The van der Waals surface area contributed by atoms with Gasteiger partial charge in [0, 0.05) is 24.6 Å². The van der Waals surface area contributed by atoms with Crippen LogP contribution in [0.25, 0.3) is 0 Å². The fourth-order valence-corrected chi connectivity index (χ4v) is 5.00. The number of rotatable bonds is 4. The number of urea groups is 1. The van der Waals surface area contributed by atoms with Crippen LogP contribution in [0.2, 0.25) is 0 Å². The Kier molecular flexibility index (Phi) is 4.08. The molecule has 150 valence electrons. The lowest BCUT2D eigenvalue weighted by Gasteiger charge is -2.35. The molecule has 0 aromatic carbocycles. The van der Waals surface area contributed by atoms with E-state index in [4.69, 9.17) is 14.8 Å². The van der Waals surface area contributed by atoms with Gasteiger partial charge in [-0.2, -0.15) is 13.5 Å². The van der Waals surface area contributed by atoms with Gasteiger partial charge < -0.3 is 15.2 Å². The maximum Gasteiger partial charge on any atom is 0.418 e. The lowest BCUT2D eigenvalue weighted by Crippen LogP contribution is -2.43. The van der Waals surface area contributed by atoms with Crippen molar-refractivity contribution in [1.82, 2.24) is 15.1 Å². The van der Waals surface area contributed by atoms with Crippen LogP contribution < -0.4 is 5.73 Å². The molecule has 4 aliphatic rings. The van der Waals surface area contributed by atoms with Crippen molar-refractivity contribution < 1.29 is 26.6 Å². The predicted octanol–water partition coefficient (Wildman–Crippen LogP) is 1.58. The van der Waals surface area contributed by atoms with E-state index in [1.807, 2.05) is 6.07 Å². The number of carbonyl (C=O) groups excluding carboxylic acids is 1. The Balaban J connectivity index is 0.00000180. The van der Waals surface area contributed by atoms with Gasteiger partial charge in [0.25, 0.3) is 0 Å². The Morgan fingerprint density at radius 3 is 2.67 bits per heavy atom. The summed E-state index contributed by atoms with van der Waals surface area (Å²) >= 11 is 0. The Hall–Kier alpha value is -1.69. The molecule has 1 spiro atoms. The highest BCUT2D eigenvalue weighted by Crippen LogP contribution is 2.62. The first kappa shape index (κ1) is 18.7. The summed E-state index contributed by atoms with van der Waals surface area (Å²) in [6, 6.07) is 0.838. The van der Waals surface area contributed by atoms with Crippen LogP contribution in [0.15, 0.2) is 10.6 Å². The molecular formula is C16H24N4O6S. The standard InChI is InChI=1S/C15H20N4O6S.CH4/c16-9-3-8(4-9)12-5-10(17-24-12)11-6-15(1-2-15)13-7-18(11)14(20)19(13)25-26(21,22)23;/h5,8-9,11,13H,1-4,6-7,16H2,(H,21,22,23);1H4/t8?,9?,11-,13-;/m0./s1. The quantitative estimate of drug-likeness (QED) is 0.726. The summed E-state index contributed by atoms with van der Waals surface area (Å²) in [7, 11) is -4.76. The molecule has 2 saturated carbocycles. The van der Waals surface area contributed by atoms with Gasteiger partial charge in [0.05, 0.1) is 12.1 Å². The Bertz CT molecular complexity index is 860. The number of hydroxylamine groups is 2. The van der Waals surface area contributed by atoms with Crippen molar-refractivity contribution in [3.05, 3.63) is 17.5 Å². The zero-order valence-corrected chi connectivity index (χ0v) is 14.8. The lowest BCUT2D eigenvalue weighted by atomic mass is 9.79. The molecule has 10 nitrogen and oxygen atoms in total. The molecule has 5 rings (SSSR count). The molecule has 2 amide bonds. The second kappa shape index (κ2) is 5.90. The normalized spacial score (nSPS) is 33.8. The van der Waals surface area contributed by atoms with Crippen LogP contribution in [0, 0.1) is 5.41 Å². The highest BCUT2D eigenvalue weighted by molar-refractivity contribution is 7.80. The minimum absolute atomic E-state index is 0. The van der Waals surface area contributed by atoms with Crippen molar-refractivity contribution >= 4 is 16.4 Å². The minimum Gasteiger partial charge on any atom is -0.361 e. The van der Waals surface area contributed by atoms with Gasteiger partial charge in [-0.05, 0) is 37.5 Å². The van der Waals surface area contributed by atoms with E-state index in [0.29, 0.717) is 18.7 Å². The lowest BCUT2D eigenvalue weighted by molar-refractivity contribution is -0.0527. The third kappa shape index (κ3) is 2.93. The summed E-state index contributed by atoms with van der Waals surface area (Å²) in [4.78, 5) is 14.2. The van der Waals surface area contributed by atoms with Crippen molar-refractivity contribution in [2.45, 2.75) is 63.6 Å². The van der Waals surface area contributed by atoms with E-state index in [9.17, 15) is 13.2 Å². The van der Waals surface area contributed by atoms with Crippen LogP contribution in [0.4, 0.5) is 4.79 Å². The summed E-state index contributed by atoms with van der Waals surface area (Å²) in [5, 5.41) is 4.99. The van der Waals surface area contributed by atoms with E-state index in [0.717, 1.165) is 36.5 Å². The van der Waals surface area contributed by atoms with Gasteiger partial charge in [-0.15, -0.1) is 4.28 Å². The molecule has 1 aromatic heterocycles. The number of amides is 2. The van der Waals surface area contributed by atoms with Gasteiger partial charge in [0.1, 0.15) is 11.5 Å². The number of hydrogen-bond acceptors (Lipinski definition) is 7. The summed E-state index contributed by atoms with van der Waals surface area (Å²) in [5.41, 5.74) is 6.30. The Labute approximate surface area is 157 Å². The molecule has 4 fully saturated rings. The number of fused-ring (bicyclic) bond motifs is 3. The fraction of sp³-hybridized carbons (Fsp3) is 0.750. The molecule has 2 bridgehead atoms. The molecule has 3 heterocycles. The molecule has 2 aliphatic carbocycles. The van der Waals surface area contributed by atoms with Gasteiger partial charge in [0.2, 0.25) is 0 Å². The smallest absolute Gasteiger partial charge is 0.361 e. The monoisotopic (exact) mass is 400 g/mol. The van der Waals surface area contributed by atoms with Gasteiger partial charge >= 0.3 is 16.4 Å². The first-order valence-electron chi connectivity index (χ1n) is 8.75. The number of hydrogen-bond donors (Lipinski definition) is 2. The molecule has 11 heteroatoms. The molecule has 0 unspecified atom stereocenters. The second-order valence-electron chi connectivity index (χ2n) is 7.94. The number of piperidine rings is 1. The maximum absolute atomic E-state index is 12.7. The summed E-state index contributed by atoms with van der Waals surface area (Å²) < 4.78 is 41.3. The highest BCUT2D eigenvalue weighted by Gasteiger charge is 2.64. The van der Waals surface area contributed by atoms with Crippen LogP contribution in [0.3, 0.4) is 0 Å². The van der Waals surface area contributed by atoms with E-state index < -0.39 is 16.4 Å². The van der Waals surface area contributed by atoms with Crippen molar-refractivity contribution in [2.24, 2.45) is 11.1 Å². The molecule has 2 atom stereocenters. The van der Waals surface area contributed by atoms with E-state index in [2.05, 4.69) is 9.44 Å². The molecule has 27 heavy (non-hydrogen) atoms. The second-order valence-corrected chi connectivity index (χ2v) is 8.95. The molecule has 2 saturated heterocycles. The molecule has 1 aromatic rings. The first-order valence-corrected chi connectivity index (χ1v) is 10.1. The van der Waals surface area contributed by atoms with Crippen molar-refractivity contribution in [3.8, 4) is 0 Å². The van der Waals surface area contributed by atoms with Crippen LogP contribution in [-0.4, -0.2) is 52.7 Å². The van der Waals surface area contributed by atoms with Crippen LogP contribution in [0.1, 0.15) is 62.9 Å². The average molecular weight is 400 g/mol. The van der Waals surface area contributed by atoms with Crippen LogP contribution in [0.5, 0.6) is 0 Å². The van der Waals surface area contributed by atoms with Gasteiger partial charge in [-0.25, -0.2) is 4.79 Å². The summed E-state index contributed by atoms with van der Waals surface area (Å²) in [6.07, 6.45) is 4.16. The van der Waals surface area contributed by atoms with Crippen molar-refractivity contribution in [2.75, 3.05) is 6.54 Å². The zero-order valence-electron chi connectivity index (χ0n) is 13.9. The van der Waals surface area contributed by atoms with E-state index in [-0.39, 0.29) is 36.9 Å². The first-order chi connectivity index (χ1) is 12.3. The number of nitrogens with zero attached hydrogens (tertiary/aromatic N) is 3. The third-order valence-electron chi connectivity index (χ3n) is 6.30. The summed E-state index contributed by atoms with van der Waals surface area (Å²) in [6.45, 7) is 0.343. The number of carbonyl (C=O) groups is 1. The van der Waals surface area contributed by atoms with Crippen molar-refractivity contribution in [3.63, 3.8) is 0 Å². The van der Waals surface area contributed by atoms with Crippen molar-refractivity contribution in [1.29, 1.82) is 0 Å². The average Bonchev–Trinajstić information content (AvgIpc) is 3.02. The summed E-state index contributed by atoms with van der Waals surface area (Å²) in [5.74, 6) is 1.05. The number of nitrogens with two attached hydrogens (primary N) is 1. The minimum atomic E-state index is -4.76. The number of aromatic nitrogens is 1. The Morgan fingerprint density at radius 2 is 2.07 bits per heavy atom. The van der Waals surface area contributed by atoms with Crippen LogP contribution in [-0.2, 0) is 14.7 Å². The van der Waals surface area contributed by atoms with E-state index in [1.54, 1.807) is 4.90 Å². The topological polar surface area (TPSA) is 139 Å². The van der Waals surface area contributed by atoms with Gasteiger partial charge in [-0.3, -0.25) is 4.55 Å². The highest BCUT2D eigenvalue weighted by atomic mass is 32.3. The van der Waals surface area contributed by atoms with E-state index in [1.165, 1.54) is 0 Å². The fourth-order valence-electron chi connectivity index (χ4n) is 4.63.